The van der Waals surface area contributed by atoms with E-state index in [1.165, 1.54) is 0 Å². The van der Waals surface area contributed by atoms with Crippen LogP contribution < -0.4 is 0 Å². The first-order valence-electron chi connectivity index (χ1n) is 7.23. The number of ketones is 1. The number of ether oxygens (including phenoxy) is 3. The van der Waals surface area contributed by atoms with Gasteiger partial charge in [-0.05, 0) is 6.90 Å². The van der Waals surface area contributed by atoms with Gasteiger partial charge < -0.3 is 24.4 Å². The second-order valence-electron chi connectivity index (χ2n) is 3.07. The molecular formula is C10H20O6. The van der Waals surface area contributed by atoms with Crippen LogP contribution in [0.1, 0.15) is 12.4 Å². The lowest BCUT2D eigenvalue weighted by molar-refractivity contribution is -0.161. The predicted molar refractivity (Wildman–Crippen MR) is 56.2 cm³/mol. The van der Waals surface area contributed by atoms with Gasteiger partial charge in [0, 0.05) is 22.6 Å². The molecule has 4 atom stereocenters. The van der Waals surface area contributed by atoms with Gasteiger partial charge in [-0.2, -0.15) is 0 Å². The number of aliphatic hydroxyl groups excluding tert-OH is 2. The van der Waals surface area contributed by atoms with Crippen LogP contribution in [0.25, 0.3) is 0 Å². The normalized spacial score (nSPS) is 22.1. The lowest BCUT2D eigenvalue weighted by atomic mass is 10.0. The smallest absolute Gasteiger partial charge is 0.161 e. The third-order valence-corrected chi connectivity index (χ3v) is 2.07. The van der Waals surface area contributed by atoms with Crippen molar-refractivity contribution in [2.45, 2.75) is 31.3 Å². The molecule has 0 saturated heterocycles. The summed E-state index contributed by atoms with van der Waals surface area (Å²) in [7, 11) is -1.73. The fraction of sp³-hybridized carbons (Fsp3) is 0.900. The van der Waals surface area contributed by atoms with Crippen molar-refractivity contribution in [2.24, 2.45) is 0 Å². The molecule has 6 nitrogen and oxygen atoms in total. The van der Waals surface area contributed by atoms with Crippen LogP contribution in [0.3, 0.4) is 0 Å². The van der Waals surface area contributed by atoms with E-state index in [1.807, 2.05) is 0 Å². The Hall–Kier alpha value is -0.530. The van der Waals surface area contributed by atoms with Gasteiger partial charge >= 0.3 is 0 Å². The second-order valence-corrected chi connectivity index (χ2v) is 3.07. The standard InChI is InChI=1S/C10H20O6/c1-6(12)8(14-2)10(16-4)9(15-3)7(13)5-11/h7-11,13H,5H2,1-4H3/t7-,8+,9-,10-/m1/s1/i1D,2D,3D,4D. The number of hydrogen-bond acceptors (Lipinski definition) is 6. The van der Waals surface area contributed by atoms with Crippen molar-refractivity contribution >= 4 is 5.78 Å². The molecule has 0 aromatic heterocycles. The van der Waals surface area contributed by atoms with Crippen molar-refractivity contribution in [3.63, 3.8) is 0 Å². The fourth-order valence-electron chi connectivity index (χ4n) is 1.25. The Morgan fingerprint density at radius 2 is 1.88 bits per heavy atom. The largest absolute Gasteiger partial charge is 0.394 e. The molecule has 0 aliphatic rings. The van der Waals surface area contributed by atoms with Crippen molar-refractivity contribution in [2.75, 3.05) is 27.9 Å². The van der Waals surface area contributed by atoms with Crippen LogP contribution in [0.2, 0.25) is 0 Å². The molecule has 0 radical (unpaired) electrons. The van der Waals surface area contributed by atoms with Gasteiger partial charge in [0.15, 0.2) is 5.78 Å². The Balaban J connectivity index is 5.22. The quantitative estimate of drug-likeness (QED) is 0.564. The van der Waals surface area contributed by atoms with Crippen molar-refractivity contribution in [1.29, 1.82) is 0 Å². The van der Waals surface area contributed by atoms with Crippen LogP contribution in [-0.4, -0.2) is 68.3 Å². The summed E-state index contributed by atoms with van der Waals surface area (Å²) in [5.74, 6) is -0.709. The number of carbonyl (C=O) groups is 1. The summed E-state index contributed by atoms with van der Waals surface area (Å²) in [5, 5.41) is 18.6. The van der Waals surface area contributed by atoms with E-state index < -0.39 is 65.0 Å². The number of aliphatic hydroxyl groups is 2. The molecule has 2 N–H and O–H groups in total. The van der Waals surface area contributed by atoms with E-state index in [1.54, 1.807) is 0 Å². The maximum atomic E-state index is 11.7. The van der Waals surface area contributed by atoms with Crippen molar-refractivity contribution in [3.05, 3.63) is 0 Å². The molecule has 0 aliphatic heterocycles. The minimum Gasteiger partial charge on any atom is -0.394 e. The Bertz CT molecular complexity index is 270. The Morgan fingerprint density at radius 3 is 2.38 bits per heavy atom. The van der Waals surface area contributed by atoms with Crippen LogP contribution >= 0.6 is 0 Å². The lowest BCUT2D eigenvalue weighted by Gasteiger charge is -2.31. The highest BCUT2D eigenvalue weighted by Gasteiger charge is 2.36. The number of carbonyl (C=O) groups excluding carboxylic acids is 1. The summed E-state index contributed by atoms with van der Waals surface area (Å²) in [6.45, 7) is -1.34. The zero-order valence-electron chi connectivity index (χ0n) is 12.9. The molecule has 0 aliphatic carbocycles. The van der Waals surface area contributed by atoms with Crippen LogP contribution in [0.5, 0.6) is 0 Å². The third kappa shape index (κ3) is 3.80. The molecule has 0 rings (SSSR count). The molecular weight excluding hydrogens is 216 g/mol. The minimum absolute atomic E-state index is 0.567. The summed E-state index contributed by atoms with van der Waals surface area (Å²) in [4.78, 5) is 11.7. The van der Waals surface area contributed by atoms with E-state index in [0.717, 1.165) is 0 Å². The molecule has 0 bridgehead atoms. The lowest BCUT2D eigenvalue weighted by Crippen LogP contribution is -2.50. The van der Waals surface area contributed by atoms with Crippen molar-refractivity contribution < 1.29 is 34.7 Å². The molecule has 96 valence electrons. The Kier molecular flexibility index (Phi) is 4.57. The van der Waals surface area contributed by atoms with Crippen LogP contribution in [0.15, 0.2) is 0 Å². The monoisotopic (exact) mass is 240 g/mol. The van der Waals surface area contributed by atoms with Crippen molar-refractivity contribution in [1.82, 2.24) is 0 Å². The van der Waals surface area contributed by atoms with E-state index >= 15 is 0 Å². The van der Waals surface area contributed by atoms with Gasteiger partial charge in [0.25, 0.3) is 0 Å². The molecule has 0 fully saturated rings. The molecule has 0 aromatic carbocycles. The highest BCUT2D eigenvalue weighted by atomic mass is 16.6. The first-order chi connectivity index (χ1) is 9.56. The molecule has 6 heteroatoms. The number of Topliss-reactive ketones (excluding diaryl/α,β-unsaturated/α-hetero) is 1. The average molecular weight is 240 g/mol. The second kappa shape index (κ2) is 7.70. The Labute approximate surface area is 101 Å². The maximum Gasteiger partial charge on any atom is 0.161 e. The molecule has 0 unspecified atom stereocenters. The van der Waals surface area contributed by atoms with E-state index in [-0.39, 0.29) is 0 Å². The first-order valence-corrected chi connectivity index (χ1v) is 4.40. The summed E-state index contributed by atoms with van der Waals surface area (Å²) < 4.78 is 42.9. The van der Waals surface area contributed by atoms with Gasteiger partial charge in [0.05, 0.1) is 10.7 Å². The maximum absolute atomic E-state index is 11.7. The van der Waals surface area contributed by atoms with E-state index in [2.05, 4.69) is 0 Å². The number of rotatable bonds is 8. The minimum atomic E-state index is -1.45. The third-order valence-electron chi connectivity index (χ3n) is 2.07. The van der Waals surface area contributed by atoms with Crippen LogP contribution in [0, 0.1) is 0 Å². The summed E-state index contributed by atoms with van der Waals surface area (Å²) in [6.07, 6.45) is -5.40. The molecule has 0 saturated carbocycles. The summed E-state index contributed by atoms with van der Waals surface area (Å²) in [5.41, 5.74) is 0. The van der Waals surface area contributed by atoms with E-state index in [0.29, 0.717) is 0 Å². The molecule has 16 heavy (non-hydrogen) atoms. The average Bonchev–Trinajstić information content (AvgIpc) is 2.47. The van der Waals surface area contributed by atoms with Crippen molar-refractivity contribution in [3.8, 4) is 0 Å². The first kappa shape index (κ1) is 9.49. The Morgan fingerprint density at radius 1 is 1.25 bits per heavy atom. The topological polar surface area (TPSA) is 85.2 Å². The van der Waals surface area contributed by atoms with Gasteiger partial charge in [-0.15, -0.1) is 0 Å². The van der Waals surface area contributed by atoms with Gasteiger partial charge in [-0.3, -0.25) is 4.79 Å². The van der Waals surface area contributed by atoms with E-state index in [4.69, 9.17) is 24.8 Å². The van der Waals surface area contributed by atoms with Crippen LogP contribution in [-0.2, 0) is 19.0 Å². The summed E-state index contributed by atoms with van der Waals surface area (Å²) >= 11 is 0. The number of methoxy groups -OCH3 is 3. The fourth-order valence-corrected chi connectivity index (χ4v) is 1.25. The van der Waals surface area contributed by atoms with Crippen LogP contribution in [0.4, 0.5) is 0 Å². The molecule has 0 aromatic rings. The van der Waals surface area contributed by atoms with Gasteiger partial charge in [0.1, 0.15) is 24.4 Å². The highest BCUT2D eigenvalue weighted by molar-refractivity contribution is 5.81. The molecule has 0 heterocycles. The summed E-state index contributed by atoms with van der Waals surface area (Å²) in [6, 6.07) is 0. The zero-order valence-corrected chi connectivity index (χ0v) is 8.87. The van der Waals surface area contributed by atoms with E-state index in [9.17, 15) is 9.90 Å². The molecule has 0 amide bonds. The predicted octanol–water partition coefficient (Wildman–Crippen LogP) is -1.03. The number of hydrogen-bond donors (Lipinski definition) is 2. The van der Waals surface area contributed by atoms with Gasteiger partial charge in [-0.1, -0.05) is 0 Å². The highest BCUT2D eigenvalue weighted by Crippen LogP contribution is 2.14. The van der Waals surface area contributed by atoms with Gasteiger partial charge in [0.2, 0.25) is 0 Å². The van der Waals surface area contributed by atoms with Gasteiger partial charge in [-0.25, -0.2) is 0 Å². The molecule has 0 spiro atoms. The zero-order chi connectivity index (χ0) is 15.5. The SMILES string of the molecule is [2H]CO[C@@H]([C@H](OC[2H])[C@@H](OC[2H])C(=O)C[2H])[C@H](O)CO.